The Labute approximate surface area is 165 Å². The lowest BCUT2D eigenvalue weighted by Gasteiger charge is -2.20. The maximum absolute atomic E-state index is 12.0. The molecule has 0 atom stereocenters. The molecule has 1 amide bonds. The number of carbonyl (C=O) groups excluding carboxylic acids is 1. The molecule has 2 rings (SSSR count). The highest BCUT2D eigenvalue weighted by atomic mass is 35.5. The van der Waals surface area contributed by atoms with Crippen molar-refractivity contribution in [2.75, 3.05) is 26.2 Å². The third-order valence-electron chi connectivity index (χ3n) is 4.53. The number of hydrogen-bond acceptors (Lipinski definition) is 2. The van der Waals surface area contributed by atoms with E-state index in [4.69, 9.17) is 23.2 Å². The van der Waals surface area contributed by atoms with Crippen LogP contribution in [0.2, 0.25) is 10.2 Å². The molecule has 26 heavy (non-hydrogen) atoms. The number of halogens is 2. The summed E-state index contributed by atoms with van der Waals surface area (Å²) < 4.78 is 1.84. The summed E-state index contributed by atoms with van der Waals surface area (Å²) in [5, 5.41) is 7.63. The topological polar surface area (TPSA) is 61.7 Å². The van der Waals surface area contributed by atoms with Gasteiger partial charge in [0.25, 0.3) is 0 Å². The maximum Gasteiger partial charge on any atom is 0.222 e. The quantitative estimate of drug-likeness (QED) is 0.418. The number of hydrogen-bond donors (Lipinski definition) is 2. The van der Waals surface area contributed by atoms with E-state index < -0.39 is 0 Å². The number of aromatic nitrogens is 1. The van der Waals surface area contributed by atoms with Crippen molar-refractivity contribution in [3.05, 3.63) is 21.9 Å². The zero-order valence-electron chi connectivity index (χ0n) is 15.7. The molecule has 2 heterocycles. The lowest BCUT2D eigenvalue weighted by atomic mass is 10.2. The standard InChI is InChI=1S/C18H29Cl2N5O/c1-3-21-18(23-13-14-12-15(19)17(20)24(14)2)22-9-7-11-25-10-6-4-5-8-16(25)26/h12H,3-11,13H2,1-2H3,(H2,21,22,23). The van der Waals surface area contributed by atoms with Gasteiger partial charge in [0.15, 0.2) is 5.96 Å². The molecule has 146 valence electrons. The average Bonchev–Trinajstić information content (AvgIpc) is 2.78. The molecule has 2 N–H and O–H groups in total. The summed E-state index contributed by atoms with van der Waals surface area (Å²) in [5.41, 5.74) is 0.951. The predicted molar refractivity (Wildman–Crippen MR) is 108 cm³/mol. The molecule has 0 spiro atoms. The second-order valence-electron chi connectivity index (χ2n) is 6.50. The van der Waals surface area contributed by atoms with Crippen LogP contribution in [0.4, 0.5) is 0 Å². The van der Waals surface area contributed by atoms with Crippen molar-refractivity contribution in [1.82, 2.24) is 20.1 Å². The average molecular weight is 402 g/mol. The molecule has 1 aromatic heterocycles. The molecule has 0 radical (unpaired) electrons. The third-order valence-corrected chi connectivity index (χ3v) is 5.37. The summed E-state index contributed by atoms with van der Waals surface area (Å²) in [6.45, 7) is 5.76. The SMILES string of the molecule is CCNC(=NCc1cc(Cl)c(Cl)n1C)NCCCN1CCCCCC1=O. The molecular formula is C18H29Cl2N5O. The first-order valence-corrected chi connectivity index (χ1v) is 10.1. The molecular weight excluding hydrogens is 373 g/mol. The highest BCUT2D eigenvalue weighted by Gasteiger charge is 2.15. The van der Waals surface area contributed by atoms with Crippen molar-refractivity contribution in [2.24, 2.45) is 12.0 Å². The third kappa shape index (κ3) is 6.09. The number of likely N-dealkylation sites (tertiary alicyclic amines) is 1. The van der Waals surface area contributed by atoms with E-state index in [-0.39, 0.29) is 0 Å². The molecule has 1 aliphatic heterocycles. The van der Waals surface area contributed by atoms with Crippen LogP contribution in [0.3, 0.4) is 0 Å². The van der Waals surface area contributed by atoms with E-state index in [1.165, 1.54) is 0 Å². The van der Waals surface area contributed by atoms with Gasteiger partial charge in [0.1, 0.15) is 5.15 Å². The van der Waals surface area contributed by atoms with Crippen molar-refractivity contribution in [3.63, 3.8) is 0 Å². The molecule has 0 unspecified atom stereocenters. The molecule has 0 aliphatic carbocycles. The van der Waals surface area contributed by atoms with Crippen LogP contribution >= 0.6 is 23.2 Å². The first-order chi connectivity index (χ1) is 12.5. The second kappa shape index (κ2) is 10.7. The van der Waals surface area contributed by atoms with Gasteiger partial charge >= 0.3 is 0 Å². The Hall–Kier alpha value is -1.40. The molecule has 1 aliphatic rings. The minimum Gasteiger partial charge on any atom is -0.357 e. The Balaban J connectivity index is 1.81. The Morgan fingerprint density at radius 2 is 2.08 bits per heavy atom. The van der Waals surface area contributed by atoms with Gasteiger partial charge in [-0.1, -0.05) is 29.6 Å². The fourth-order valence-corrected chi connectivity index (χ4v) is 3.41. The van der Waals surface area contributed by atoms with Crippen LogP contribution in [0.25, 0.3) is 0 Å². The Morgan fingerprint density at radius 1 is 1.27 bits per heavy atom. The van der Waals surface area contributed by atoms with Crippen molar-refractivity contribution in [3.8, 4) is 0 Å². The maximum atomic E-state index is 12.0. The molecule has 0 bridgehead atoms. The van der Waals surface area contributed by atoms with Crippen LogP contribution in [0, 0.1) is 0 Å². The van der Waals surface area contributed by atoms with Crippen molar-refractivity contribution in [2.45, 2.75) is 45.6 Å². The summed E-state index contributed by atoms with van der Waals surface area (Å²) in [6, 6.07) is 1.84. The molecule has 1 fully saturated rings. The normalized spacial score (nSPS) is 15.9. The van der Waals surface area contributed by atoms with Crippen molar-refractivity contribution >= 4 is 35.1 Å². The second-order valence-corrected chi connectivity index (χ2v) is 7.27. The molecule has 1 saturated heterocycles. The van der Waals surface area contributed by atoms with E-state index in [2.05, 4.69) is 15.6 Å². The summed E-state index contributed by atoms with van der Waals surface area (Å²) >= 11 is 12.1. The lowest BCUT2D eigenvalue weighted by molar-refractivity contribution is -0.130. The first-order valence-electron chi connectivity index (χ1n) is 9.32. The van der Waals surface area contributed by atoms with Gasteiger partial charge in [-0.2, -0.15) is 0 Å². The van der Waals surface area contributed by atoms with Gasteiger partial charge in [0, 0.05) is 45.3 Å². The van der Waals surface area contributed by atoms with Gasteiger partial charge in [0.05, 0.1) is 11.6 Å². The first kappa shape index (κ1) is 20.9. The number of rotatable bonds is 7. The zero-order chi connectivity index (χ0) is 18.9. The number of aliphatic imine (C=N–C) groups is 1. The van der Waals surface area contributed by atoms with E-state index >= 15 is 0 Å². The highest BCUT2D eigenvalue weighted by Crippen LogP contribution is 2.25. The number of carbonyl (C=O) groups is 1. The van der Waals surface area contributed by atoms with Crippen LogP contribution < -0.4 is 10.6 Å². The highest BCUT2D eigenvalue weighted by molar-refractivity contribution is 6.41. The Morgan fingerprint density at radius 3 is 2.77 bits per heavy atom. The van der Waals surface area contributed by atoms with E-state index in [9.17, 15) is 4.79 Å². The Bertz CT molecular complexity index is 629. The van der Waals surface area contributed by atoms with E-state index in [1.54, 1.807) is 0 Å². The molecule has 0 saturated carbocycles. The smallest absolute Gasteiger partial charge is 0.222 e. The molecule has 1 aromatic rings. The lowest BCUT2D eigenvalue weighted by Crippen LogP contribution is -2.39. The molecule has 0 aromatic carbocycles. The van der Waals surface area contributed by atoms with E-state index in [0.717, 1.165) is 63.5 Å². The summed E-state index contributed by atoms with van der Waals surface area (Å²) in [7, 11) is 1.87. The van der Waals surface area contributed by atoms with Crippen LogP contribution in [0.1, 0.15) is 44.7 Å². The fraction of sp³-hybridized carbons (Fsp3) is 0.667. The van der Waals surface area contributed by atoms with Crippen LogP contribution in [0.5, 0.6) is 0 Å². The molecule has 8 heteroatoms. The summed E-state index contributed by atoms with van der Waals surface area (Å²) in [5.74, 6) is 1.05. The van der Waals surface area contributed by atoms with Gasteiger partial charge in [-0.05, 0) is 32.3 Å². The zero-order valence-corrected chi connectivity index (χ0v) is 17.2. The van der Waals surface area contributed by atoms with Crippen molar-refractivity contribution < 1.29 is 4.79 Å². The monoisotopic (exact) mass is 401 g/mol. The minimum atomic E-state index is 0.292. The van der Waals surface area contributed by atoms with Gasteiger partial charge in [0.2, 0.25) is 5.91 Å². The van der Waals surface area contributed by atoms with E-state index in [0.29, 0.717) is 29.0 Å². The van der Waals surface area contributed by atoms with Gasteiger partial charge in [-0.3, -0.25) is 4.79 Å². The number of guanidine groups is 1. The van der Waals surface area contributed by atoms with Gasteiger partial charge in [-0.25, -0.2) is 4.99 Å². The summed E-state index contributed by atoms with van der Waals surface area (Å²) in [6.07, 6.45) is 4.89. The Kier molecular flexibility index (Phi) is 8.59. The largest absolute Gasteiger partial charge is 0.357 e. The number of amides is 1. The van der Waals surface area contributed by atoms with Crippen LogP contribution in [-0.2, 0) is 18.4 Å². The fourth-order valence-electron chi connectivity index (χ4n) is 2.99. The van der Waals surface area contributed by atoms with Crippen LogP contribution in [-0.4, -0.2) is 47.5 Å². The number of nitrogens with zero attached hydrogens (tertiary/aromatic N) is 3. The number of nitrogens with one attached hydrogen (secondary N) is 2. The summed E-state index contributed by atoms with van der Waals surface area (Å²) in [4.78, 5) is 18.6. The van der Waals surface area contributed by atoms with Gasteiger partial charge < -0.3 is 20.1 Å². The van der Waals surface area contributed by atoms with Crippen molar-refractivity contribution in [1.29, 1.82) is 0 Å². The predicted octanol–water partition coefficient (Wildman–Crippen LogP) is 3.18. The van der Waals surface area contributed by atoms with Gasteiger partial charge in [-0.15, -0.1) is 0 Å². The van der Waals surface area contributed by atoms with E-state index in [1.807, 2.05) is 29.5 Å². The van der Waals surface area contributed by atoms with Crippen LogP contribution in [0.15, 0.2) is 11.1 Å². The molecule has 6 nitrogen and oxygen atoms in total. The minimum absolute atomic E-state index is 0.292.